The highest BCUT2D eigenvalue weighted by atomic mass is 19.1. The second-order valence-electron chi connectivity index (χ2n) is 5.14. The van der Waals surface area contributed by atoms with Gasteiger partial charge in [-0.2, -0.15) is 5.26 Å². The van der Waals surface area contributed by atoms with Crippen LogP contribution in [-0.2, 0) is 0 Å². The standard InChI is InChI=1S/C16H18FN3/c1-3-6-20-7-4-14(5-8-20)19-16-10-13(11-18)9-15(17)12(16)2/h1,9-10,14,19H,4-8H2,2H3. The first-order valence-electron chi connectivity index (χ1n) is 6.76. The molecule has 2 rings (SSSR count). The van der Waals surface area contributed by atoms with Gasteiger partial charge in [0.25, 0.3) is 0 Å². The Labute approximate surface area is 119 Å². The zero-order valence-corrected chi connectivity index (χ0v) is 11.6. The minimum absolute atomic E-state index is 0.302. The van der Waals surface area contributed by atoms with Crippen LogP contribution in [0.3, 0.4) is 0 Å². The minimum Gasteiger partial charge on any atom is -0.382 e. The molecule has 0 radical (unpaired) electrons. The van der Waals surface area contributed by atoms with Gasteiger partial charge in [-0.15, -0.1) is 6.42 Å². The van der Waals surface area contributed by atoms with Crippen LogP contribution >= 0.6 is 0 Å². The second-order valence-corrected chi connectivity index (χ2v) is 5.14. The van der Waals surface area contributed by atoms with Crippen LogP contribution in [0.2, 0.25) is 0 Å². The van der Waals surface area contributed by atoms with E-state index in [-0.39, 0.29) is 5.82 Å². The molecule has 1 aliphatic rings. The number of benzene rings is 1. The first-order chi connectivity index (χ1) is 9.63. The second kappa shape index (κ2) is 6.41. The molecule has 1 N–H and O–H groups in total. The van der Waals surface area contributed by atoms with Crippen LogP contribution < -0.4 is 5.32 Å². The summed E-state index contributed by atoms with van der Waals surface area (Å²) < 4.78 is 13.7. The first-order valence-corrected chi connectivity index (χ1v) is 6.76. The average molecular weight is 271 g/mol. The molecule has 1 fully saturated rings. The third kappa shape index (κ3) is 3.29. The van der Waals surface area contributed by atoms with E-state index >= 15 is 0 Å². The molecule has 1 aromatic rings. The van der Waals surface area contributed by atoms with Crippen LogP contribution in [0.5, 0.6) is 0 Å². The fraction of sp³-hybridized carbons (Fsp3) is 0.438. The molecule has 0 bridgehead atoms. The van der Waals surface area contributed by atoms with Gasteiger partial charge in [-0.05, 0) is 31.9 Å². The number of rotatable bonds is 3. The number of hydrogen-bond donors (Lipinski definition) is 1. The van der Waals surface area contributed by atoms with E-state index in [9.17, 15) is 4.39 Å². The highest BCUT2D eigenvalue weighted by molar-refractivity contribution is 5.56. The number of likely N-dealkylation sites (tertiary alicyclic amines) is 1. The SMILES string of the molecule is C#CCN1CCC(Nc2cc(C#N)cc(F)c2C)CC1. The number of anilines is 1. The number of nitriles is 1. The lowest BCUT2D eigenvalue weighted by Crippen LogP contribution is -2.39. The van der Waals surface area contributed by atoms with Gasteiger partial charge in [0, 0.05) is 30.4 Å². The van der Waals surface area contributed by atoms with Gasteiger partial charge in [-0.25, -0.2) is 4.39 Å². The van der Waals surface area contributed by atoms with Crippen molar-refractivity contribution in [3.05, 3.63) is 29.1 Å². The van der Waals surface area contributed by atoms with E-state index in [0.717, 1.165) is 31.6 Å². The molecule has 4 heteroatoms. The van der Waals surface area contributed by atoms with Gasteiger partial charge in [0.1, 0.15) is 5.82 Å². The summed E-state index contributed by atoms with van der Waals surface area (Å²) in [6, 6.07) is 5.28. The fourth-order valence-electron chi connectivity index (χ4n) is 2.48. The van der Waals surface area contributed by atoms with Crippen molar-refractivity contribution in [1.29, 1.82) is 5.26 Å². The molecular weight excluding hydrogens is 253 g/mol. The lowest BCUT2D eigenvalue weighted by Gasteiger charge is -2.32. The maximum absolute atomic E-state index is 13.7. The molecule has 0 saturated carbocycles. The summed E-state index contributed by atoms with van der Waals surface area (Å²) >= 11 is 0. The highest BCUT2D eigenvalue weighted by Crippen LogP contribution is 2.23. The maximum Gasteiger partial charge on any atom is 0.129 e. The Morgan fingerprint density at radius 3 is 2.75 bits per heavy atom. The first kappa shape index (κ1) is 14.4. The van der Waals surface area contributed by atoms with Crippen molar-refractivity contribution >= 4 is 5.69 Å². The number of nitrogens with zero attached hydrogens (tertiary/aromatic N) is 2. The smallest absolute Gasteiger partial charge is 0.129 e. The van der Waals surface area contributed by atoms with Gasteiger partial charge >= 0.3 is 0 Å². The summed E-state index contributed by atoms with van der Waals surface area (Å²) in [7, 11) is 0. The Morgan fingerprint density at radius 2 is 2.15 bits per heavy atom. The lowest BCUT2D eigenvalue weighted by molar-refractivity contribution is 0.243. The van der Waals surface area contributed by atoms with Crippen molar-refractivity contribution in [2.45, 2.75) is 25.8 Å². The van der Waals surface area contributed by atoms with Crippen molar-refractivity contribution in [2.24, 2.45) is 0 Å². The molecular formula is C16H18FN3. The largest absolute Gasteiger partial charge is 0.382 e. The number of hydrogen-bond acceptors (Lipinski definition) is 3. The van der Waals surface area contributed by atoms with E-state index in [2.05, 4.69) is 16.1 Å². The highest BCUT2D eigenvalue weighted by Gasteiger charge is 2.19. The molecule has 1 aliphatic heterocycles. The molecule has 20 heavy (non-hydrogen) atoms. The predicted octanol–water partition coefficient (Wildman–Crippen LogP) is 2.52. The van der Waals surface area contributed by atoms with Crippen LogP contribution in [0.15, 0.2) is 12.1 Å². The molecule has 0 amide bonds. The quantitative estimate of drug-likeness (QED) is 0.859. The molecule has 0 unspecified atom stereocenters. The molecule has 104 valence electrons. The van der Waals surface area contributed by atoms with Crippen molar-refractivity contribution < 1.29 is 4.39 Å². The summed E-state index contributed by atoms with van der Waals surface area (Å²) in [5.41, 5.74) is 1.63. The number of terminal acetylenes is 1. The van der Waals surface area contributed by atoms with Crippen LogP contribution in [-0.4, -0.2) is 30.6 Å². The van der Waals surface area contributed by atoms with Gasteiger partial charge in [0.2, 0.25) is 0 Å². The van der Waals surface area contributed by atoms with E-state index in [4.69, 9.17) is 11.7 Å². The van der Waals surface area contributed by atoms with Crippen molar-refractivity contribution in [2.75, 3.05) is 25.0 Å². The van der Waals surface area contributed by atoms with E-state index in [1.807, 2.05) is 6.07 Å². The van der Waals surface area contributed by atoms with Crippen LogP contribution in [0.25, 0.3) is 0 Å². The van der Waals surface area contributed by atoms with Gasteiger partial charge in [0.05, 0.1) is 18.2 Å². The van der Waals surface area contributed by atoms with Crippen LogP contribution in [0, 0.1) is 36.4 Å². The molecule has 0 atom stereocenters. The van der Waals surface area contributed by atoms with Crippen molar-refractivity contribution in [1.82, 2.24) is 4.90 Å². The van der Waals surface area contributed by atoms with Gasteiger partial charge in [-0.3, -0.25) is 4.90 Å². The summed E-state index contributed by atoms with van der Waals surface area (Å²) in [5.74, 6) is 2.32. The van der Waals surface area contributed by atoms with Crippen LogP contribution in [0.4, 0.5) is 10.1 Å². The Morgan fingerprint density at radius 1 is 1.45 bits per heavy atom. The number of nitrogens with one attached hydrogen (secondary N) is 1. The number of halogens is 1. The Balaban J connectivity index is 2.03. The molecule has 1 aromatic carbocycles. The molecule has 1 heterocycles. The zero-order valence-electron chi connectivity index (χ0n) is 11.6. The van der Waals surface area contributed by atoms with Gasteiger partial charge in [-0.1, -0.05) is 5.92 Å². The zero-order chi connectivity index (χ0) is 14.5. The summed E-state index contributed by atoms with van der Waals surface area (Å²) in [5, 5.41) is 12.3. The molecule has 3 nitrogen and oxygen atoms in total. The van der Waals surface area contributed by atoms with E-state index in [1.54, 1.807) is 13.0 Å². The normalized spacial score (nSPS) is 16.4. The fourth-order valence-corrected chi connectivity index (χ4v) is 2.48. The van der Waals surface area contributed by atoms with Gasteiger partial charge < -0.3 is 5.32 Å². The molecule has 0 spiro atoms. The average Bonchev–Trinajstić information content (AvgIpc) is 2.46. The summed E-state index contributed by atoms with van der Waals surface area (Å²) in [4.78, 5) is 2.23. The topological polar surface area (TPSA) is 39.1 Å². The Bertz CT molecular complexity index is 560. The van der Waals surface area contributed by atoms with Crippen molar-refractivity contribution in [3.8, 4) is 18.4 Å². The molecule has 0 aliphatic carbocycles. The summed E-state index contributed by atoms with van der Waals surface area (Å²) in [6.45, 7) is 4.30. The maximum atomic E-state index is 13.7. The minimum atomic E-state index is -0.337. The van der Waals surface area contributed by atoms with E-state index in [1.165, 1.54) is 6.07 Å². The Hall–Kier alpha value is -2.04. The third-order valence-electron chi connectivity index (χ3n) is 3.74. The third-order valence-corrected chi connectivity index (χ3v) is 3.74. The molecule has 1 saturated heterocycles. The van der Waals surface area contributed by atoms with E-state index in [0.29, 0.717) is 23.7 Å². The van der Waals surface area contributed by atoms with Crippen LogP contribution in [0.1, 0.15) is 24.0 Å². The predicted molar refractivity (Wildman–Crippen MR) is 77.8 cm³/mol. The number of piperidine rings is 1. The Kier molecular flexibility index (Phi) is 4.61. The van der Waals surface area contributed by atoms with E-state index < -0.39 is 0 Å². The molecule has 0 aromatic heterocycles. The lowest BCUT2D eigenvalue weighted by atomic mass is 10.0. The monoisotopic (exact) mass is 271 g/mol. The van der Waals surface area contributed by atoms with Gasteiger partial charge in [0.15, 0.2) is 0 Å². The van der Waals surface area contributed by atoms with Crippen molar-refractivity contribution in [3.63, 3.8) is 0 Å². The summed E-state index contributed by atoms with van der Waals surface area (Å²) in [6.07, 6.45) is 7.25.